The zero-order chi connectivity index (χ0) is 18.5. The van der Waals surface area contributed by atoms with E-state index in [9.17, 15) is 9.59 Å². The van der Waals surface area contributed by atoms with Crippen LogP contribution in [0.15, 0.2) is 68.3 Å². The number of nitrogens with one attached hydrogen (secondary N) is 3. The average Bonchev–Trinajstić information content (AvgIpc) is 3.26. The van der Waals surface area contributed by atoms with E-state index in [4.69, 9.17) is 21.1 Å². The van der Waals surface area contributed by atoms with Crippen molar-refractivity contribution in [3.8, 4) is 0 Å². The third kappa shape index (κ3) is 4.58. The predicted molar refractivity (Wildman–Crippen MR) is 103 cm³/mol. The molecule has 1 aromatic carbocycles. The van der Waals surface area contributed by atoms with Crippen molar-refractivity contribution < 1.29 is 18.4 Å². The highest BCUT2D eigenvalue weighted by Gasteiger charge is 2.13. The minimum Gasteiger partial charge on any atom is -0.459 e. The highest BCUT2D eigenvalue weighted by atomic mass is 79.9. The maximum absolute atomic E-state index is 12.0. The Balaban J connectivity index is 1.60. The summed E-state index contributed by atoms with van der Waals surface area (Å²) in [6.45, 7) is 0. The first-order valence-corrected chi connectivity index (χ1v) is 8.54. The Hall–Kier alpha value is -2.91. The molecule has 3 rings (SSSR count). The summed E-state index contributed by atoms with van der Waals surface area (Å²) in [5.74, 6) is -0.516. The van der Waals surface area contributed by atoms with Crippen molar-refractivity contribution in [1.29, 1.82) is 0 Å². The molecule has 3 N–H and O–H groups in total. The first-order valence-electron chi connectivity index (χ1n) is 7.34. The maximum Gasteiger partial charge on any atom is 0.293 e. The van der Waals surface area contributed by atoms with Gasteiger partial charge >= 0.3 is 0 Å². The number of rotatable bonds is 4. The van der Waals surface area contributed by atoms with E-state index >= 15 is 0 Å². The molecule has 2 aromatic heterocycles. The van der Waals surface area contributed by atoms with Gasteiger partial charge in [0, 0.05) is 11.4 Å². The van der Waals surface area contributed by atoms with E-state index in [0.717, 1.165) is 0 Å². The molecule has 0 radical (unpaired) electrons. The number of hydrogen-bond acceptors (Lipinski definition) is 5. The molecular formula is C17H12BrN3O4S. The molecule has 0 aliphatic rings. The van der Waals surface area contributed by atoms with Crippen LogP contribution in [0.1, 0.15) is 21.1 Å². The van der Waals surface area contributed by atoms with Crippen molar-refractivity contribution in [3.05, 3.63) is 71.0 Å². The predicted octanol–water partition coefficient (Wildman–Crippen LogP) is 4.01. The first kappa shape index (κ1) is 17.9. The van der Waals surface area contributed by atoms with Gasteiger partial charge in [0.1, 0.15) is 0 Å². The Morgan fingerprint density at radius 1 is 0.923 bits per heavy atom. The van der Waals surface area contributed by atoms with Crippen LogP contribution in [0.25, 0.3) is 0 Å². The van der Waals surface area contributed by atoms with Gasteiger partial charge in [-0.1, -0.05) is 6.07 Å². The minimum absolute atomic E-state index is 0.0945. The van der Waals surface area contributed by atoms with E-state index < -0.39 is 5.91 Å². The summed E-state index contributed by atoms with van der Waals surface area (Å²) in [6.07, 6.45) is 1.42. The number of amides is 2. The Kier molecular flexibility index (Phi) is 5.49. The van der Waals surface area contributed by atoms with Crippen LogP contribution < -0.4 is 16.0 Å². The quantitative estimate of drug-likeness (QED) is 0.537. The second kappa shape index (κ2) is 7.98. The van der Waals surface area contributed by atoms with Gasteiger partial charge in [-0.3, -0.25) is 14.9 Å². The molecule has 3 aromatic rings. The van der Waals surface area contributed by atoms with Crippen molar-refractivity contribution in [2.75, 3.05) is 10.6 Å². The summed E-state index contributed by atoms with van der Waals surface area (Å²) >= 11 is 8.24. The van der Waals surface area contributed by atoms with Crippen molar-refractivity contribution in [2.24, 2.45) is 0 Å². The smallest absolute Gasteiger partial charge is 0.293 e. The summed E-state index contributed by atoms with van der Waals surface area (Å²) in [4.78, 5) is 24.0. The second-order valence-corrected chi connectivity index (χ2v) is 6.21. The zero-order valence-corrected chi connectivity index (χ0v) is 15.5. The van der Waals surface area contributed by atoms with Gasteiger partial charge in [0.05, 0.1) is 6.26 Å². The number of furan rings is 2. The SMILES string of the molecule is O=C(Nc1cccc(NC(=S)NC(=O)c2ccc(Br)o2)c1)c1ccco1. The lowest BCUT2D eigenvalue weighted by atomic mass is 10.2. The fourth-order valence-corrected chi connectivity index (χ4v) is 2.56. The van der Waals surface area contributed by atoms with E-state index in [-0.39, 0.29) is 22.5 Å². The van der Waals surface area contributed by atoms with E-state index in [0.29, 0.717) is 16.0 Å². The lowest BCUT2D eigenvalue weighted by molar-refractivity contribution is 0.0948. The van der Waals surface area contributed by atoms with Crippen LogP contribution in [-0.2, 0) is 0 Å². The molecule has 0 spiro atoms. The number of hydrogen-bond donors (Lipinski definition) is 3. The molecule has 0 unspecified atom stereocenters. The fraction of sp³-hybridized carbons (Fsp3) is 0. The Bertz CT molecular complexity index is 953. The standard InChI is InChI=1S/C17H12BrN3O4S/c18-14-7-6-13(25-14)16(23)21-17(26)20-11-4-1-3-10(9-11)19-15(22)12-5-2-8-24-12/h1-9H,(H,19,22)(H2,20,21,23,26). The lowest BCUT2D eigenvalue weighted by Gasteiger charge is -2.10. The average molecular weight is 434 g/mol. The normalized spacial score (nSPS) is 10.2. The summed E-state index contributed by atoms with van der Waals surface area (Å²) in [6, 6.07) is 13.2. The Morgan fingerprint density at radius 2 is 1.69 bits per heavy atom. The molecule has 0 aliphatic carbocycles. The molecule has 0 aliphatic heterocycles. The molecule has 0 fully saturated rings. The number of carbonyl (C=O) groups is 2. The van der Waals surface area contributed by atoms with Crippen LogP contribution in [0.2, 0.25) is 0 Å². The molecule has 132 valence electrons. The number of anilines is 2. The molecule has 0 atom stereocenters. The molecule has 9 heteroatoms. The summed E-state index contributed by atoms with van der Waals surface area (Å²) < 4.78 is 10.6. The second-order valence-electron chi connectivity index (χ2n) is 5.02. The molecule has 0 saturated heterocycles. The number of halogens is 1. The van der Waals surface area contributed by atoms with Gasteiger partial charge in [0.15, 0.2) is 21.3 Å². The van der Waals surface area contributed by atoms with Crippen LogP contribution in [0.4, 0.5) is 11.4 Å². The van der Waals surface area contributed by atoms with Gasteiger partial charge in [-0.15, -0.1) is 0 Å². The highest BCUT2D eigenvalue weighted by Crippen LogP contribution is 2.17. The summed E-state index contributed by atoms with van der Waals surface area (Å²) in [5.41, 5.74) is 1.13. The monoisotopic (exact) mass is 433 g/mol. The van der Waals surface area contributed by atoms with Crippen molar-refractivity contribution in [1.82, 2.24) is 5.32 Å². The van der Waals surface area contributed by atoms with Gasteiger partial charge in [-0.2, -0.15) is 0 Å². The highest BCUT2D eigenvalue weighted by molar-refractivity contribution is 9.10. The van der Waals surface area contributed by atoms with Gasteiger partial charge in [-0.05, 0) is 70.6 Å². The number of thiocarbonyl (C=S) groups is 1. The van der Waals surface area contributed by atoms with Gasteiger partial charge in [0.2, 0.25) is 0 Å². The van der Waals surface area contributed by atoms with Gasteiger partial charge in [0.25, 0.3) is 11.8 Å². The summed E-state index contributed by atoms with van der Waals surface area (Å²) in [5, 5.41) is 8.17. The Morgan fingerprint density at radius 3 is 2.35 bits per heavy atom. The zero-order valence-electron chi connectivity index (χ0n) is 13.1. The molecule has 2 heterocycles. The molecule has 0 saturated carbocycles. The third-order valence-electron chi connectivity index (χ3n) is 3.15. The third-order valence-corrected chi connectivity index (χ3v) is 3.78. The van der Waals surface area contributed by atoms with Crippen molar-refractivity contribution >= 4 is 56.4 Å². The van der Waals surface area contributed by atoms with E-state index in [2.05, 4.69) is 31.9 Å². The van der Waals surface area contributed by atoms with Gasteiger partial charge < -0.3 is 19.5 Å². The Labute approximate surface area is 161 Å². The molecule has 7 nitrogen and oxygen atoms in total. The van der Waals surface area contributed by atoms with Crippen LogP contribution in [0.5, 0.6) is 0 Å². The van der Waals surface area contributed by atoms with E-state index in [1.807, 2.05) is 0 Å². The largest absolute Gasteiger partial charge is 0.459 e. The maximum atomic E-state index is 12.0. The van der Waals surface area contributed by atoms with Crippen LogP contribution in [0.3, 0.4) is 0 Å². The van der Waals surface area contributed by atoms with Crippen LogP contribution >= 0.6 is 28.1 Å². The molecule has 2 amide bonds. The van der Waals surface area contributed by atoms with E-state index in [1.54, 1.807) is 42.5 Å². The molecule has 0 bridgehead atoms. The molecular weight excluding hydrogens is 422 g/mol. The number of benzene rings is 1. The molecule has 26 heavy (non-hydrogen) atoms. The van der Waals surface area contributed by atoms with E-state index in [1.165, 1.54) is 12.3 Å². The van der Waals surface area contributed by atoms with Crippen molar-refractivity contribution in [2.45, 2.75) is 0 Å². The minimum atomic E-state index is -0.476. The lowest BCUT2D eigenvalue weighted by Crippen LogP contribution is -2.33. The fourth-order valence-electron chi connectivity index (χ4n) is 2.04. The van der Waals surface area contributed by atoms with Crippen LogP contribution in [0, 0.1) is 0 Å². The number of carbonyl (C=O) groups excluding carboxylic acids is 2. The van der Waals surface area contributed by atoms with Crippen molar-refractivity contribution in [3.63, 3.8) is 0 Å². The van der Waals surface area contributed by atoms with Crippen LogP contribution in [-0.4, -0.2) is 16.9 Å². The topological polar surface area (TPSA) is 96.5 Å². The summed E-state index contributed by atoms with van der Waals surface area (Å²) in [7, 11) is 0. The van der Waals surface area contributed by atoms with Gasteiger partial charge in [-0.25, -0.2) is 0 Å². The first-order chi connectivity index (χ1) is 12.5.